The third-order valence-electron chi connectivity index (χ3n) is 3.94. The highest BCUT2D eigenvalue weighted by atomic mass is 16.5. The largest absolute Gasteiger partial charge is 0.508 e. The van der Waals surface area contributed by atoms with E-state index in [2.05, 4.69) is 6.08 Å². The number of esters is 1. The van der Waals surface area contributed by atoms with Gasteiger partial charge in [-0.1, -0.05) is 18.6 Å². The number of carbonyl (C=O) groups excluding carboxylic acids is 1. The summed E-state index contributed by atoms with van der Waals surface area (Å²) in [5.74, 6) is -1.10. The zero-order valence-corrected chi connectivity index (χ0v) is 13.4. The molecule has 23 heavy (non-hydrogen) atoms. The van der Waals surface area contributed by atoms with E-state index < -0.39 is 12.1 Å². The second-order valence-corrected chi connectivity index (χ2v) is 6.06. The number of phenolic OH excluding ortho intramolecular Hbond substituents is 2. The van der Waals surface area contributed by atoms with Crippen molar-refractivity contribution in [1.82, 2.24) is 0 Å². The van der Waals surface area contributed by atoms with Crippen molar-refractivity contribution in [2.45, 2.75) is 57.7 Å². The molecule has 0 saturated carbocycles. The quantitative estimate of drug-likeness (QED) is 0.505. The lowest BCUT2D eigenvalue weighted by molar-refractivity contribution is 0.0342. The third-order valence-corrected chi connectivity index (χ3v) is 3.94. The Bertz CT molecular complexity index is 579. The Morgan fingerprint density at radius 1 is 1.17 bits per heavy atom. The number of hydrogen-bond donors (Lipinski definition) is 3. The van der Waals surface area contributed by atoms with Crippen molar-refractivity contribution in [2.75, 3.05) is 0 Å². The fourth-order valence-electron chi connectivity index (χ4n) is 2.76. The Morgan fingerprint density at radius 3 is 2.74 bits per heavy atom. The van der Waals surface area contributed by atoms with Gasteiger partial charge in [-0.15, -0.1) is 0 Å². The summed E-state index contributed by atoms with van der Waals surface area (Å²) in [5, 5.41) is 29.8. The van der Waals surface area contributed by atoms with Crippen molar-refractivity contribution in [3.05, 3.63) is 35.4 Å². The monoisotopic (exact) mass is 320 g/mol. The second kappa shape index (κ2) is 8.02. The summed E-state index contributed by atoms with van der Waals surface area (Å²) in [5.41, 5.74) is 0.426. The van der Waals surface area contributed by atoms with Crippen molar-refractivity contribution in [1.29, 1.82) is 0 Å². The maximum atomic E-state index is 12.4. The Hall–Kier alpha value is -2.01. The molecule has 0 aliphatic carbocycles. The van der Waals surface area contributed by atoms with E-state index in [1.165, 1.54) is 6.07 Å². The van der Waals surface area contributed by atoms with Crippen LogP contribution in [0.1, 0.15) is 54.9 Å². The highest BCUT2D eigenvalue weighted by Gasteiger charge is 2.22. The van der Waals surface area contributed by atoms with Crippen LogP contribution in [0.2, 0.25) is 0 Å². The second-order valence-electron chi connectivity index (χ2n) is 6.06. The SMILES string of the molecule is C[C@H]1CC=CCCCCC(O)Cc2cc(O)cc(O)c2C(=O)O1. The van der Waals surface area contributed by atoms with E-state index in [1.54, 1.807) is 6.92 Å². The summed E-state index contributed by atoms with van der Waals surface area (Å²) in [6, 6.07) is 2.51. The van der Waals surface area contributed by atoms with Crippen LogP contribution in [0, 0.1) is 0 Å². The van der Waals surface area contributed by atoms with E-state index in [9.17, 15) is 20.1 Å². The van der Waals surface area contributed by atoms with Crippen LogP contribution in [0.5, 0.6) is 11.5 Å². The number of fused-ring (bicyclic) bond motifs is 1. The lowest BCUT2D eigenvalue weighted by Gasteiger charge is -2.17. The summed E-state index contributed by atoms with van der Waals surface area (Å²) in [4.78, 5) is 12.4. The molecular formula is C18H24O5. The summed E-state index contributed by atoms with van der Waals surface area (Å²) >= 11 is 0. The Kier molecular flexibility index (Phi) is 6.04. The number of allylic oxidation sites excluding steroid dienone is 1. The van der Waals surface area contributed by atoms with E-state index in [0.717, 1.165) is 25.3 Å². The van der Waals surface area contributed by atoms with Crippen LogP contribution in [0.25, 0.3) is 0 Å². The minimum Gasteiger partial charge on any atom is -0.508 e. The van der Waals surface area contributed by atoms with Crippen molar-refractivity contribution < 1.29 is 24.9 Å². The molecular weight excluding hydrogens is 296 g/mol. The van der Waals surface area contributed by atoms with Gasteiger partial charge in [-0.3, -0.25) is 0 Å². The van der Waals surface area contributed by atoms with Crippen LogP contribution in [0.4, 0.5) is 0 Å². The van der Waals surface area contributed by atoms with Crippen LogP contribution in [-0.4, -0.2) is 33.5 Å². The van der Waals surface area contributed by atoms with Gasteiger partial charge in [-0.2, -0.15) is 0 Å². The van der Waals surface area contributed by atoms with Crippen LogP contribution in [0.3, 0.4) is 0 Å². The highest BCUT2D eigenvalue weighted by molar-refractivity contribution is 5.94. The number of hydrogen-bond acceptors (Lipinski definition) is 5. The lowest BCUT2D eigenvalue weighted by atomic mass is 9.97. The van der Waals surface area contributed by atoms with Crippen molar-refractivity contribution in [3.8, 4) is 11.5 Å². The van der Waals surface area contributed by atoms with Crippen LogP contribution >= 0.6 is 0 Å². The average Bonchev–Trinajstić information content (AvgIpc) is 2.44. The molecule has 0 fully saturated rings. The summed E-state index contributed by atoms with van der Waals surface area (Å²) in [7, 11) is 0. The predicted octanol–water partition coefficient (Wildman–Crippen LogP) is 3.07. The molecule has 1 aromatic rings. The number of aromatic hydroxyl groups is 2. The number of ether oxygens (including phenoxy) is 1. The number of rotatable bonds is 0. The number of cyclic esters (lactones) is 1. The fraction of sp³-hybridized carbons (Fsp3) is 0.500. The minimum atomic E-state index is -0.636. The first kappa shape index (κ1) is 17.3. The zero-order valence-electron chi connectivity index (χ0n) is 13.4. The molecule has 0 amide bonds. The first-order valence-electron chi connectivity index (χ1n) is 8.06. The molecule has 1 unspecified atom stereocenters. The van der Waals surface area contributed by atoms with Gasteiger partial charge < -0.3 is 20.1 Å². The molecule has 2 atom stereocenters. The molecule has 2 rings (SSSR count). The summed E-state index contributed by atoms with van der Waals surface area (Å²) in [6.45, 7) is 1.79. The Balaban J connectivity index is 2.32. The lowest BCUT2D eigenvalue weighted by Crippen LogP contribution is -2.18. The van der Waals surface area contributed by atoms with Gasteiger partial charge in [0, 0.05) is 12.5 Å². The van der Waals surface area contributed by atoms with Gasteiger partial charge in [-0.25, -0.2) is 4.79 Å². The van der Waals surface area contributed by atoms with E-state index in [4.69, 9.17) is 4.74 Å². The molecule has 1 aliphatic heterocycles. The molecule has 0 radical (unpaired) electrons. The summed E-state index contributed by atoms with van der Waals surface area (Å²) < 4.78 is 5.36. The van der Waals surface area contributed by atoms with Crippen molar-refractivity contribution in [2.24, 2.45) is 0 Å². The number of benzene rings is 1. The normalized spacial score (nSPS) is 23.7. The first-order chi connectivity index (χ1) is 11.0. The summed E-state index contributed by atoms with van der Waals surface area (Å²) in [6.07, 6.45) is 7.31. The molecule has 126 valence electrons. The number of aliphatic hydroxyl groups is 1. The maximum absolute atomic E-state index is 12.4. The fourth-order valence-corrected chi connectivity index (χ4v) is 2.76. The molecule has 0 spiro atoms. The van der Waals surface area contributed by atoms with Crippen molar-refractivity contribution >= 4 is 5.97 Å². The molecule has 1 aliphatic rings. The van der Waals surface area contributed by atoms with Gasteiger partial charge in [0.15, 0.2) is 0 Å². The molecule has 3 N–H and O–H groups in total. The van der Waals surface area contributed by atoms with E-state index >= 15 is 0 Å². The molecule has 5 nitrogen and oxygen atoms in total. The predicted molar refractivity (Wildman–Crippen MR) is 86.6 cm³/mol. The van der Waals surface area contributed by atoms with Gasteiger partial charge in [0.1, 0.15) is 23.2 Å². The highest BCUT2D eigenvalue weighted by Crippen LogP contribution is 2.30. The van der Waals surface area contributed by atoms with Crippen LogP contribution < -0.4 is 0 Å². The Morgan fingerprint density at radius 2 is 1.96 bits per heavy atom. The topological polar surface area (TPSA) is 87.0 Å². The van der Waals surface area contributed by atoms with Crippen LogP contribution in [0.15, 0.2) is 24.3 Å². The third kappa shape index (κ3) is 4.99. The van der Waals surface area contributed by atoms with Gasteiger partial charge in [0.05, 0.1) is 6.10 Å². The van der Waals surface area contributed by atoms with E-state index in [1.807, 2.05) is 6.08 Å². The number of carbonyl (C=O) groups is 1. The molecule has 5 heteroatoms. The average molecular weight is 320 g/mol. The van der Waals surface area contributed by atoms with Gasteiger partial charge in [-0.05, 0) is 44.2 Å². The maximum Gasteiger partial charge on any atom is 0.342 e. The zero-order chi connectivity index (χ0) is 16.8. The molecule has 1 aromatic carbocycles. The van der Waals surface area contributed by atoms with E-state index in [0.29, 0.717) is 18.4 Å². The minimum absolute atomic E-state index is 0.0229. The van der Waals surface area contributed by atoms with Crippen LogP contribution in [-0.2, 0) is 11.2 Å². The van der Waals surface area contributed by atoms with Gasteiger partial charge in [0.25, 0.3) is 0 Å². The van der Waals surface area contributed by atoms with Crippen molar-refractivity contribution in [3.63, 3.8) is 0 Å². The first-order valence-corrected chi connectivity index (χ1v) is 8.06. The molecule has 1 heterocycles. The van der Waals surface area contributed by atoms with Gasteiger partial charge in [0.2, 0.25) is 0 Å². The molecule has 0 bridgehead atoms. The van der Waals surface area contributed by atoms with Gasteiger partial charge >= 0.3 is 5.97 Å². The molecule has 0 saturated heterocycles. The number of phenols is 2. The molecule has 0 aromatic heterocycles. The standard InChI is InChI=1S/C18H24O5/c1-12-7-5-3-2-4-6-8-14(19)9-13-10-15(20)11-16(21)17(13)18(22)23-12/h3,5,10-12,14,19-21H,2,4,6-9H2,1H3/t12-,14?/m0/s1. The number of aliphatic hydroxyl groups excluding tert-OH is 1. The van der Waals surface area contributed by atoms with E-state index in [-0.39, 0.29) is 29.6 Å². The smallest absolute Gasteiger partial charge is 0.342 e. The Labute approximate surface area is 136 Å².